The zero-order valence-electron chi connectivity index (χ0n) is 12.3. The lowest BCUT2D eigenvalue weighted by Crippen LogP contribution is -2.37. The Balaban J connectivity index is 1.61. The Labute approximate surface area is 117 Å². The maximum Gasteiger partial charge on any atom is 0.0294 e. The molecule has 3 rings (SSSR count). The molecule has 1 aromatic rings. The van der Waals surface area contributed by atoms with Crippen molar-refractivity contribution in [2.24, 2.45) is 17.8 Å². The Kier molecular flexibility index (Phi) is 3.49. The lowest BCUT2D eigenvalue weighted by Gasteiger charge is -2.29. The summed E-state index contributed by atoms with van der Waals surface area (Å²) in [4.78, 5) is 0. The molecule has 19 heavy (non-hydrogen) atoms. The van der Waals surface area contributed by atoms with E-state index in [1.807, 2.05) is 0 Å². The molecule has 0 aromatic heterocycles. The third kappa shape index (κ3) is 2.62. The van der Waals surface area contributed by atoms with Gasteiger partial charge in [-0.2, -0.15) is 0 Å². The minimum Gasteiger partial charge on any atom is -0.307 e. The standard InChI is InChI=1S/C18H25N/c1-12-4-7-16(8-5-12)13(2)19-14(3)18-11-15-6-9-17(18)10-15/h4-9,13-15,17-19H,10-11H2,1-3H3. The summed E-state index contributed by atoms with van der Waals surface area (Å²) in [6.07, 6.45) is 7.66. The molecule has 1 N–H and O–H groups in total. The van der Waals surface area contributed by atoms with Gasteiger partial charge in [-0.15, -0.1) is 0 Å². The third-order valence-corrected chi connectivity index (χ3v) is 5.06. The molecule has 0 spiro atoms. The molecule has 0 saturated heterocycles. The number of hydrogen-bond donors (Lipinski definition) is 1. The van der Waals surface area contributed by atoms with Crippen molar-refractivity contribution in [1.29, 1.82) is 0 Å². The van der Waals surface area contributed by atoms with Crippen molar-refractivity contribution in [3.8, 4) is 0 Å². The molecule has 1 nitrogen and oxygen atoms in total. The molecule has 5 atom stereocenters. The topological polar surface area (TPSA) is 12.0 Å². The van der Waals surface area contributed by atoms with E-state index in [1.54, 1.807) is 0 Å². The van der Waals surface area contributed by atoms with Gasteiger partial charge < -0.3 is 5.32 Å². The smallest absolute Gasteiger partial charge is 0.0294 e. The van der Waals surface area contributed by atoms with E-state index in [4.69, 9.17) is 0 Å². The Morgan fingerprint density at radius 1 is 1.05 bits per heavy atom. The second kappa shape index (κ2) is 5.13. The van der Waals surface area contributed by atoms with Crippen LogP contribution in [-0.4, -0.2) is 6.04 Å². The van der Waals surface area contributed by atoms with Crippen LogP contribution in [0.5, 0.6) is 0 Å². The van der Waals surface area contributed by atoms with Crippen molar-refractivity contribution in [3.05, 3.63) is 47.5 Å². The highest BCUT2D eigenvalue weighted by atomic mass is 14.9. The number of nitrogens with one attached hydrogen (secondary N) is 1. The van der Waals surface area contributed by atoms with Crippen LogP contribution in [0.1, 0.15) is 43.9 Å². The zero-order valence-corrected chi connectivity index (χ0v) is 12.3. The van der Waals surface area contributed by atoms with Gasteiger partial charge in [0.1, 0.15) is 0 Å². The van der Waals surface area contributed by atoms with Gasteiger partial charge in [-0.1, -0.05) is 42.0 Å². The summed E-state index contributed by atoms with van der Waals surface area (Å²) < 4.78 is 0. The molecule has 0 radical (unpaired) electrons. The summed E-state index contributed by atoms with van der Waals surface area (Å²) in [6.45, 7) is 6.79. The number of benzene rings is 1. The minimum atomic E-state index is 0.443. The van der Waals surface area contributed by atoms with E-state index < -0.39 is 0 Å². The Morgan fingerprint density at radius 3 is 2.37 bits per heavy atom. The average molecular weight is 255 g/mol. The van der Waals surface area contributed by atoms with Crippen molar-refractivity contribution in [2.75, 3.05) is 0 Å². The molecule has 102 valence electrons. The first-order valence-corrected chi connectivity index (χ1v) is 7.64. The van der Waals surface area contributed by atoms with Crippen LogP contribution in [0, 0.1) is 24.7 Å². The average Bonchev–Trinajstić information content (AvgIpc) is 3.01. The van der Waals surface area contributed by atoms with Gasteiger partial charge in [0.05, 0.1) is 0 Å². The van der Waals surface area contributed by atoms with Crippen LogP contribution >= 0.6 is 0 Å². The quantitative estimate of drug-likeness (QED) is 0.793. The second-order valence-electron chi connectivity index (χ2n) is 6.53. The molecule has 2 aliphatic carbocycles. The first kappa shape index (κ1) is 12.9. The maximum atomic E-state index is 3.81. The highest BCUT2D eigenvalue weighted by Gasteiger charge is 2.38. The fourth-order valence-corrected chi connectivity index (χ4v) is 3.87. The van der Waals surface area contributed by atoms with Crippen LogP contribution in [-0.2, 0) is 0 Å². The number of aryl methyl sites for hydroxylation is 1. The fraction of sp³-hybridized carbons (Fsp3) is 0.556. The molecule has 1 saturated carbocycles. The van der Waals surface area contributed by atoms with Crippen LogP contribution < -0.4 is 5.32 Å². The van der Waals surface area contributed by atoms with Crippen LogP contribution in [0.4, 0.5) is 0 Å². The predicted molar refractivity (Wildman–Crippen MR) is 81.0 cm³/mol. The van der Waals surface area contributed by atoms with E-state index in [1.165, 1.54) is 24.0 Å². The van der Waals surface area contributed by atoms with E-state index in [0.29, 0.717) is 12.1 Å². The Bertz CT molecular complexity index is 459. The van der Waals surface area contributed by atoms with Crippen molar-refractivity contribution in [3.63, 3.8) is 0 Å². The molecule has 1 fully saturated rings. The van der Waals surface area contributed by atoms with E-state index in [2.05, 4.69) is 62.5 Å². The SMILES string of the molecule is Cc1ccc(C(C)NC(C)C2CC3C=CC2C3)cc1. The summed E-state index contributed by atoms with van der Waals surface area (Å²) >= 11 is 0. The van der Waals surface area contributed by atoms with Crippen molar-refractivity contribution < 1.29 is 0 Å². The number of hydrogen-bond acceptors (Lipinski definition) is 1. The number of rotatable bonds is 4. The van der Waals surface area contributed by atoms with Gasteiger partial charge in [-0.25, -0.2) is 0 Å². The van der Waals surface area contributed by atoms with E-state index in [-0.39, 0.29) is 0 Å². The van der Waals surface area contributed by atoms with Crippen molar-refractivity contribution in [1.82, 2.24) is 5.32 Å². The lowest BCUT2D eigenvalue weighted by molar-refractivity contribution is 0.307. The van der Waals surface area contributed by atoms with Gasteiger partial charge in [0.25, 0.3) is 0 Å². The lowest BCUT2D eigenvalue weighted by atomic mass is 9.87. The van der Waals surface area contributed by atoms with Crippen LogP contribution in [0.3, 0.4) is 0 Å². The van der Waals surface area contributed by atoms with Crippen LogP contribution in [0.15, 0.2) is 36.4 Å². The van der Waals surface area contributed by atoms with E-state index >= 15 is 0 Å². The summed E-state index contributed by atoms with van der Waals surface area (Å²) in [5.41, 5.74) is 2.73. The molecule has 0 heterocycles. The number of allylic oxidation sites excluding steroid dienone is 2. The second-order valence-corrected chi connectivity index (χ2v) is 6.53. The predicted octanol–water partition coefficient (Wildman–Crippen LogP) is 4.25. The molecular formula is C18H25N. The number of fused-ring (bicyclic) bond motifs is 2. The Morgan fingerprint density at radius 2 is 1.79 bits per heavy atom. The fourth-order valence-electron chi connectivity index (χ4n) is 3.87. The van der Waals surface area contributed by atoms with Gasteiger partial charge in [-0.05, 0) is 56.9 Å². The Hall–Kier alpha value is -1.08. The van der Waals surface area contributed by atoms with Gasteiger partial charge in [0.15, 0.2) is 0 Å². The molecule has 0 amide bonds. The molecule has 1 heteroatoms. The first-order chi connectivity index (χ1) is 9.13. The molecule has 1 aromatic carbocycles. The highest BCUT2D eigenvalue weighted by Crippen LogP contribution is 2.45. The van der Waals surface area contributed by atoms with Gasteiger partial charge in [-0.3, -0.25) is 0 Å². The molecular weight excluding hydrogens is 230 g/mol. The van der Waals surface area contributed by atoms with Gasteiger partial charge >= 0.3 is 0 Å². The summed E-state index contributed by atoms with van der Waals surface area (Å²) in [7, 11) is 0. The van der Waals surface area contributed by atoms with Gasteiger partial charge in [0, 0.05) is 12.1 Å². The normalized spacial score (nSPS) is 31.6. The highest BCUT2D eigenvalue weighted by molar-refractivity contribution is 5.24. The van der Waals surface area contributed by atoms with E-state index in [9.17, 15) is 0 Å². The third-order valence-electron chi connectivity index (χ3n) is 5.06. The van der Waals surface area contributed by atoms with Crippen LogP contribution in [0.25, 0.3) is 0 Å². The first-order valence-electron chi connectivity index (χ1n) is 7.64. The molecule has 2 aliphatic rings. The molecule has 0 aliphatic heterocycles. The zero-order chi connectivity index (χ0) is 13.4. The molecule has 5 unspecified atom stereocenters. The monoisotopic (exact) mass is 255 g/mol. The van der Waals surface area contributed by atoms with E-state index in [0.717, 1.165) is 17.8 Å². The molecule has 2 bridgehead atoms. The van der Waals surface area contributed by atoms with Crippen LogP contribution in [0.2, 0.25) is 0 Å². The van der Waals surface area contributed by atoms with Crippen molar-refractivity contribution >= 4 is 0 Å². The van der Waals surface area contributed by atoms with Gasteiger partial charge in [0.2, 0.25) is 0 Å². The summed E-state index contributed by atoms with van der Waals surface area (Å²) in [6, 6.07) is 9.97. The largest absolute Gasteiger partial charge is 0.307 e. The minimum absolute atomic E-state index is 0.443. The maximum absolute atomic E-state index is 3.81. The van der Waals surface area contributed by atoms with Crippen molar-refractivity contribution in [2.45, 2.75) is 45.7 Å². The summed E-state index contributed by atoms with van der Waals surface area (Å²) in [5, 5.41) is 3.81. The summed E-state index contributed by atoms with van der Waals surface area (Å²) in [5.74, 6) is 2.54.